The number of benzene rings is 1. The summed E-state index contributed by atoms with van der Waals surface area (Å²) in [7, 11) is 0. The predicted octanol–water partition coefficient (Wildman–Crippen LogP) is 3.32. The van der Waals surface area contributed by atoms with E-state index in [0.29, 0.717) is 0 Å². The molecular weight excluding hydrogens is 292 g/mol. The minimum absolute atomic E-state index is 0.0130. The summed E-state index contributed by atoms with van der Waals surface area (Å²) < 4.78 is 0.912. The molecule has 1 aliphatic carbocycles. The van der Waals surface area contributed by atoms with Crippen molar-refractivity contribution in [1.82, 2.24) is 5.32 Å². The van der Waals surface area contributed by atoms with Gasteiger partial charge in [-0.25, -0.2) is 0 Å². The molecule has 1 N–H and O–H groups in total. The molecule has 1 unspecified atom stereocenters. The molecule has 0 bridgehead atoms. The summed E-state index contributed by atoms with van der Waals surface area (Å²) in [5, 5.41) is 12.0. The van der Waals surface area contributed by atoms with Gasteiger partial charge in [0, 0.05) is 10.4 Å². The van der Waals surface area contributed by atoms with Gasteiger partial charge in [0.05, 0.1) is 6.07 Å². The molecule has 94 valence electrons. The lowest BCUT2D eigenvalue weighted by molar-refractivity contribution is -0.125. The fourth-order valence-electron chi connectivity index (χ4n) is 2.32. The molecule has 0 spiro atoms. The molecule has 0 saturated heterocycles. The summed E-state index contributed by atoms with van der Waals surface area (Å²) in [6.07, 6.45) is 4.13. The van der Waals surface area contributed by atoms with E-state index in [0.717, 1.165) is 35.7 Å². The number of carbonyl (C=O) groups is 1. The molecule has 1 aromatic rings. The molecule has 0 aliphatic heterocycles. The molecule has 1 aromatic carbocycles. The van der Waals surface area contributed by atoms with Crippen molar-refractivity contribution in [3.8, 4) is 6.07 Å². The van der Waals surface area contributed by atoms with Gasteiger partial charge in [-0.15, -0.1) is 0 Å². The zero-order valence-corrected chi connectivity index (χ0v) is 11.6. The molecular formula is C14H15BrN2O. The smallest absolute Gasteiger partial charge is 0.224 e. The van der Waals surface area contributed by atoms with Crippen LogP contribution in [-0.4, -0.2) is 5.91 Å². The molecule has 18 heavy (non-hydrogen) atoms. The number of amides is 1. The Morgan fingerprint density at radius 3 is 2.78 bits per heavy atom. The second-order valence-electron chi connectivity index (χ2n) is 4.61. The number of rotatable bonds is 3. The Bertz CT molecular complexity index is 475. The molecule has 0 heterocycles. The average Bonchev–Trinajstić information content (AvgIpc) is 2.89. The van der Waals surface area contributed by atoms with Crippen molar-refractivity contribution in [2.75, 3.05) is 0 Å². The molecule has 1 saturated carbocycles. The van der Waals surface area contributed by atoms with Crippen LogP contribution in [0, 0.1) is 17.2 Å². The lowest BCUT2D eigenvalue weighted by Gasteiger charge is -2.15. The van der Waals surface area contributed by atoms with Gasteiger partial charge in [0.15, 0.2) is 0 Å². The van der Waals surface area contributed by atoms with Gasteiger partial charge in [-0.1, -0.05) is 40.9 Å². The third-order valence-electron chi connectivity index (χ3n) is 3.32. The van der Waals surface area contributed by atoms with Crippen LogP contribution in [0.4, 0.5) is 0 Å². The highest BCUT2D eigenvalue weighted by Gasteiger charge is 2.25. The summed E-state index contributed by atoms with van der Waals surface area (Å²) in [5.74, 6) is 0.104. The quantitative estimate of drug-likeness (QED) is 0.931. The van der Waals surface area contributed by atoms with Crippen molar-refractivity contribution in [1.29, 1.82) is 5.26 Å². The average molecular weight is 307 g/mol. The summed E-state index contributed by atoms with van der Waals surface area (Å²) in [4.78, 5) is 12.0. The number of nitrogens with one attached hydrogen (secondary N) is 1. The van der Waals surface area contributed by atoms with Crippen LogP contribution in [0.25, 0.3) is 0 Å². The van der Waals surface area contributed by atoms with Crippen LogP contribution < -0.4 is 5.32 Å². The molecule has 0 radical (unpaired) electrons. The summed E-state index contributed by atoms with van der Waals surface area (Å²) in [6, 6.07) is 9.07. The zero-order valence-electron chi connectivity index (χ0n) is 10.0. The topological polar surface area (TPSA) is 52.9 Å². The highest BCUT2D eigenvalue weighted by Crippen LogP contribution is 2.26. The van der Waals surface area contributed by atoms with Crippen molar-refractivity contribution in [2.24, 2.45) is 5.92 Å². The Kier molecular flexibility index (Phi) is 4.38. The van der Waals surface area contributed by atoms with Crippen molar-refractivity contribution in [2.45, 2.75) is 31.7 Å². The largest absolute Gasteiger partial charge is 0.336 e. The Morgan fingerprint density at radius 2 is 2.17 bits per heavy atom. The van der Waals surface area contributed by atoms with Gasteiger partial charge in [0.1, 0.15) is 6.04 Å². The maximum Gasteiger partial charge on any atom is 0.224 e. The Morgan fingerprint density at radius 1 is 1.44 bits per heavy atom. The molecule has 1 aliphatic rings. The van der Waals surface area contributed by atoms with E-state index >= 15 is 0 Å². The number of carbonyl (C=O) groups excluding carboxylic acids is 1. The third kappa shape index (κ3) is 3.11. The lowest BCUT2D eigenvalue weighted by Crippen LogP contribution is -2.32. The number of nitriles is 1. The fraction of sp³-hybridized carbons (Fsp3) is 0.429. The van der Waals surface area contributed by atoms with E-state index in [9.17, 15) is 10.1 Å². The third-order valence-corrected chi connectivity index (χ3v) is 3.82. The van der Waals surface area contributed by atoms with Crippen LogP contribution in [0.5, 0.6) is 0 Å². The second kappa shape index (κ2) is 6.01. The molecule has 1 fully saturated rings. The maximum absolute atomic E-state index is 12.0. The molecule has 0 aromatic heterocycles. The number of nitrogens with zero attached hydrogens (tertiary/aromatic N) is 1. The molecule has 1 amide bonds. The zero-order chi connectivity index (χ0) is 13.0. The minimum Gasteiger partial charge on any atom is -0.336 e. The van der Waals surface area contributed by atoms with E-state index in [4.69, 9.17) is 0 Å². The van der Waals surface area contributed by atoms with E-state index in [1.165, 1.54) is 0 Å². The molecule has 2 rings (SSSR count). The first-order valence-corrected chi connectivity index (χ1v) is 6.95. The summed E-state index contributed by atoms with van der Waals surface area (Å²) >= 11 is 3.37. The van der Waals surface area contributed by atoms with Crippen molar-refractivity contribution in [3.05, 3.63) is 34.3 Å². The van der Waals surface area contributed by atoms with Crippen LogP contribution >= 0.6 is 15.9 Å². The molecule has 4 heteroatoms. The van der Waals surface area contributed by atoms with E-state index in [1.807, 2.05) is 24.3 Å². The Hall–Kier alpha value is -1.34. The van der Waals surface area contributed by atoms with Gasteiger partial charge >= 0.3 is 0 Å². The van der Waals surface area contributed by atoms with Crippen LogP contribution in [0.3, 0.4) is 0 Å². The first kappa shape index (κ1) is 13.1. The van der Waals surface area contributed by atoms with E-state index in [1.54, 1.807) is 0 Å². The van der Waals surface area contributed by atoms with Gasteiger partial charge < -0.3 is 5.32 Å². The predicted molar refractivity (Wildman–Crippen MR) is 72.6 cm³/mol. The van der Waals surface area contributed by atoms with E-state index < -0.39 is 6.04 Å². The van der Waals surface area contributed by atoms with Crippen molar-refractivity contribution < 1.29 is 4.79 Å². The van der Waals surface area contributed by atoms with E-state index in [2.05, 4.69) is 27.3 Å². The molecule has 3 nitrogen and oxygen atoms in total. The second-order valence-corrected chi connectivity index (χ2v) is 5.52. The highest BCUT2D eigenvalue weighted by molar-refractivity contribution is 9.10. The Balaban J connectivity index is 2.05. The van der Waals surface area contributed by atoms with Gasteiger partial charge in [0.2, 0.25) is 5.91 Å². The fourth-order valence-corrected chi connectivity index (χ4v) is 2.74. The number of hydrogen-bond donors (Lipinski definition) is 1. The number of hydrogen-bond acceptors (Lipinski definition) is 2. The van der Waals surface area contributed by atoms with Crippen LogP contribution in [-0.2, 0) is 4.79 Å². The Labute approximate surface area is 115 Å². The van der Waals surface area contributed by atoms with Gasteiger partial charge in [-0.3, -0.25) is 4.79 Å². The normalized spacial score (nSPS) is 17.1. The monoisotopic (exact) mass is 306 g/mol. The van der Waals surface area contributed by atoms with E-state index in [-0.39, 0.29) is 11.8 Å². The van der Waals surface area contributed by atoms with Gasteiger partial charge in [-0.2, -0.15) is 5.26 Å². The highest BCUT2D eigenvalue weighted by atomic mass is 79.9. The van der Waals surface area contributed by atoms with Crippen LogP contribution in [0.1, 0.15) is 37.3 Å². The summed E-state index contributed by atoms with van der Waals surface area (Å²) in [5.41, 5.74) is 0.818. The minimum atomic E-state index is -0.560. The standard InChI is InChI=1S/C14H15BrN2O/c15-12-7-3-6-11(8-12)13(9-16)17-14(18)10-4-1-2-5-10/h3,6-8,10,13H,1-2,4-5H2,(H,17,18). The maximum atomic E-state index is 12.0. The summed E-state index contributed by atoms with van der Waals surface area (Å²) in [6.45, 7) is 0. The molecule has 1 atom stereocenters. The lowest BCUT2D eigenvalue weighted by atomic mass is 10.0. The van der Waals surface area contributed by atoms with Gasteiger partial charge in [-0.05, 0) is 30.5 Å². The number of halogens is 1. The van der Waals surface area contributed by atoms with Crippen LogP contribution in [0.15, 0.2) is 28.7 Å². The first-order valence-electron chi connectivity index (χ1n) is 6.16. The van der Waals surface area contributed by atoms with Gasteiger partial charge in [0.25, 0.3) is 0 Å². The van der Waals surface area contributed by atoms with Crippen molar-refractivity contribution >= 4 is 21.8 Å². The van der Waals surface area contributed by atoms with Crippen LogP contribution in [0.2, 0.25) is 0 Å². The first-order chi connectivity index (χ1) is 8.70. The SMILES string of the molecule is N#CC(NC(=O)C1CCCC1)c1cccc(Br)c1. The van der Waals surface area contributed by atoms with Crippen molar-refractivity contribution in [3.63, 3.8) is 0 Å².